The number of benzene rings is 2. The molecule has 0 atom stereocenters. The molecule has 0 fully saturated rings. The minimum absolute atomic E-state index is 0.103. The van der Waals surface area contributed by atoms with Gasteiger partial charge in [0.15, 0.2) is 18.1 Å². The summed E-state index contributed by atoms with van der Waals surface area (Å²) >= 11 is 6.16. The normalized spacial score (nSPS) is 13.0. The van der Waals surface area contributed by atoms with E-state index >= 15 is 0 Å². The molecule has 0 saturated heterocycles. The minimum Gasteiger partial charge on any atom is -0.486 e. The maximum Gasteiger partial charge on any atom is 0.422 e. The van der Waals surface area contributed by atoms with Gasteiger partial charge in [0.25, 0.3) is 0 Å². The van der Waals surface area contributed by atoms with Crippen molar-refractivity contribution in [1.82, 2.24) is 10.6 Å². The Labute approximate surface area is 169 Å². The van der Waals surface area contributed by atoms with E-state index in [1.807, 2.05) is 0 Å². The van der Waals surface area contributed by atoms with Gasteiger partial charge in [0, 0.05) is 13.1 Å². The van der Waals surface area contributed by atoms with Crippen LogP contribution in [0.2, 0.25) is 5.02 Å². The molecule has 1 aliphatic rings. The van der Waals surface area contributed by atoms with Crippen molar-refractivity contribution in [2.45, 2.75) is 19.3 Å². The number of carbonyl (C=O) groups excluding carboxylic acids is 1. The van der Waals surface area contributed by atoms with Gasteiger partial charge in [-0.25, -0.2) is 4.79 Å². The number of rotatable bonds is 6. The molecule has 2 amide bonds. The maximum atomic E-state index is 12.1. The Kier molecular flexibility index (Phi) is 6.58. The molecule has 2 N–H and O–H groups in total. The highest BCUT2D eigenvalue weighted by Crippen LogP contribution is 2.38. The van der Waals surface area contributed by atoms with Crippen LogP contribution in [0.1, 0.15) is 11.1 Å². The number of ether oxygens (including phenoxy) is 3. The predicted octanol–water partition coefficient (Wildman–Crippen LogP) is 4.05. The molecule has 2 aromatic rings. The lowest BCUT2D eigenvalue weighted by Gasteiger charge is -2.20. The van der Waals surface area contributed by atoms with E-state index in [1.165, 1.54) is 12.1 Å². The molecule has 156 valence electrons. The monoisotopic (exact) mass is 430 g/mol. The average molecular weight is 431 g/mol. The number of hydrogen-bond donors (Lipinski definition) is 2. The zero-order valence-corrected chi connectivity index (χ0v) is 15.9. The SMILES string of the molecule is O=C(NCc1ccc(OCC(F)(F)F)cc1)NCc1cc(Cl)c2c(c1)OCCO2. The van der Waals surface area contributed by atoms with E-state index in [4.69, 9.17) is 21.1 Å². The summed E-state index contributed by atoms with van der Waals surface area (Å²) in [6.07, 6.45) is -4.39. The zero-order chi connectivity index (χ0) is 20.9. The van der Waals surface area contributed by atoms with E-state index in [2.05, 4.69) is 15.4 Å². The Morgan fingerprint density at radius 3 is 2.38 bits per heavy atom. The molecule has 29 heavy (non-hydrogen) atoms. The third-order valence-electron chi connectivity index (χ3n) is 3.89. The van der Waals surface area contributed by atoms with Crippen LogP contribution in [-0.2, 0) is 13.1 Å². The first-order valence-corrected chi connectivity index (χ1v) is 9.06. The smallest absolute Gasteiger partial charge is 0.422 e. The Morgan fingerprint density at radius 2 is 1.69 bits per heavy atom. The van der Waals surface area contributed by atoms with Crippen molar-refractivity contribution in [2.75, 3.05) is 19.8 Å². The first-order chi connectivity index (χ1) is 13.8. The van der Waals surface area contributed by atoms with Gasteiger partial charge in [-0.15, -0.1) is 0 Å². The highest BCUT2D eigenvalue weighted by molar-refractivity contribution is 6.32. The summed E-state index contributed by atoms with van der Waals surface area (Å²) in [7, 11) is 0. The van der Waals surface area contributed by atoms with Crippen LogP contribution >= 0.6 is 11.6 Å². The van der Waals surface area contributed by atoms with Gasteiger partial charge < -0.3 is 24.8 Å². The Morgan fingerprint density at radius 1 is 1.03 bits per heavy atom. The van der Waals surface area contributed by atoms with Crippen LogP contribution in [0.3, 0.4) is 0 Å². The van der Waals surface area contributed by atoms with Crippen LogP contribution < -0.4 is 24.8 Å². The lowest BCUT2D eigenvalue weighted by molar-refractivity contribution is -0.153. The number of halogens is 4. The van der Waals surface area contributed by atoms with Gasteiger partial charge in [-0.1, -0.05) is 23.7 Å². The van der Waals surface area contributed by atoms with Crippen molar-refractivity contribution in [3.8, 4) is 17.2 Å². The lowest BCUT2D eigenvalue weighted by atomic mass is 10.2. The first kappa shape index (κ1) is 20.9. The van der Waals surface area contributed by atoms with Crippen LogP contribution in [0.15, 0.2) is 36.4 Å². The summed E-state index contributed by atoms with van der Waals surface area (Å²) in [5.41, 5.74) is 1.46. The molecule has 10 heteroatoms. The largest absolute Gasteiger partial charge is 0.486 e. The van der Waals surface area contributed by atoms with Crippen LogP contribution in [0, 0.1) is 0 Å². The molecule has 0 radical (unpaired) electrons. The van der Waals surface area contributed by atoms with Crippen molar-refractivity contribution >= 4 is 17.6 Å². The van der Waals surface area contributed by atoms with Crippen LogP contribution in [0.5, 0.6) is 17.2 Å². The molecule has 1 heterocycles. The molecule has 0 bridgehead atoms. The third-order valence-corrected chi connectivity index (χ3v) is 4.17. The summed E-state index contributed by atoms with van der Waals surface area (Å²) in [5.74, 6) is 1.13. The summed E-state index contributed by atoms with van der Waals surface area (Å²) in [6, 6.07) is 9.01. The van der Waals surface area contributed by atoms with Crippen molar-refractivity contribution in [3.63, 3.8) is 0 Å². The summed E-state index contributed by atoms with van der Waals surface area (Å²) in [4.78, 5) is 12.0. The van der Waals surface area contributed by atoms with Crippen LogP contribution in [0.4, 0.5) is 18.0 Å². The number of amides is 2. The average Bonchev–Trinajstić information content (AvgIpc) is 2.69. The van der Waals surface area contributed by atoms with E-state index in [9.17, 15) is 18.0 Å². The molecular weight excluding hydrogens is 413 g/mol. The Balaban J connectivity index is 1.45. The number of urea groups is 1. The molecule has 3 rings (SSSR count). The molecule has 2 aromatic carbocycles. The maximum absolute atomic E-state index is 12.1. The first-order valence-electron chi connectivity index (χ1n) is 8.68. The van der Waals surface area contributed by atoms with Crippen molar-refractivity contribution in [2.24, 2.45) is 0 Å². The van der Waals surface area contributed by atoms with Crippen molar-refractivity contribution < 1.29 is 32.2 Å². The highest BCUT2D eigenvalue weighted by Gasteiger charge is 2.28. The summed E-state index contributed by atoms with van der Waals surface area (Å²) in [5, 5.41) is 5.77. The van der Waals surface area contributed by atoms with E-state index in [0.29, 0.717) is 35.3 Å². The van der Waals surface area contributed by atoms with Gasteiger partial charge in [0.05, 0.1) is 5.02 Å². The van der Waals surface area contributed by atoms with E-state index in [0.717, 1.165) is 5.56 Å². The van der Waals surface area contributed by atoms with E-state index in [-0.39, 0.29) is 18.8 Å². The molecule has 0 aliphatic carbocycles. The quantitative estimate of drug-likeness (QED) is 0.725. The summed E-state index contributed by atoms with van der Waals surface area (Å²) < 4.78 is 52.0. The number of fused-ring (bicyclic) bond motifs is 1. The standard InChI is InChI=1S/C19H18ClF3N2O4/c20-15-7-13(8-16-17(15)28-6-5-27-16)10-25-18(26)24-9-12-1-3-14(4-2-12)29-11-19(21,22)23/h1-4,7-8H,5-6,9-11H2,(H2,24,25,26). The fourth-order valence-corrected chi connectivity index (χ4v) is 2.85. The van der Waals surface area contributed by atoms with Crippen LogP contribution in [-0.4, -0.2) is 32.0 Å². The second-order valence-corrected chi connectivity index (χ2v) is 6.59. The minimum atomic E-state index is -4.39. The Bertz CT molecular complexity index is 860. The molecule has 0 saturated carbocycles. The molecule has 0 aromatic heterocycles. The Hall–Kier alpha value is -2.81. The number of carbonyl (C=O) groups is 1. The molecule has 6 nitrogen and oxygen atoms in total. The van der Waals surface area contributed by atoms with Gasteiger partial charge >= 0.3 is 12.2 Å². The van der Waals surface area contributed by atoms with Crippen molar-refractivity contribution in [1.29, 1.82) is 0 Å². The van der Waals surface area contributed by atoms with E-state index in [1.54, 1.807) is 24.3 Å². The topological polar surface area (TPSA) is 68.8 Å². The number of alkyl halides is 3. The van der Waals surface area contributed by atoms with E-state index < -0.39 is 18.8 Å². The molecule has 0 unspecified atom stereocenters. The summed E-state index contributed by atoms with van der Waals surface area (Å²) in [6.45, 7) is -0.0561. The fraction of sp³-hybridized carbons (Fsp3) is 0.316. The number of nitrogens with one attached hydrogen (secondary N) is 2. The lowest BCUT2D eigenvalue weighted by Crippen LogP contribution is -2.34. The fourth-order valence-electron chi connectivity index (χ4n) is 2.56. The van der Waals surface area contributed by atoms with Crippen LogP contribution in [0.25, 0.3) is 0 Å². The zero-order valence-electron chi connectivity index (χ0n) is 15.1. The third kappa shape index (κ3) is 6.35. The van der Waals surface area contributed by atoms with Gasteiger partial charge in [-0.3, -0.25) is 0 Å². The van der Waals surface area contributed by atoms with Gasteiger partial charge in [0.2, 0.25) is 0 Å². The molecular formula is C19H18ClF3N2O4. The molecule has 1 aliphatic heterocycles. The second-order valence-electron chi connectivity index (χ2n) is 6.19. The second kappa shape index (κ2) is 9.13. The van der Waals surface area contributed by atoms with Gasteiger partial charge in [-0.05, 0) is 35.4 Å². The van der Waals surface area contributed by atoms with Gasteiger partial charge in [-0.2, -0.15) is 13.2 Å². The molecule has 0 spiro atoms. The van der Waals surface area contributed by atoms with Crippen molar-refractivity contribution in [3.05, 3.63) is 52.5 Å². The number of hydrogen-bond acceptors (Lipinski definition) is 4. The van der Waals surface area contributed by atoms with Gasteiger partial charge in [0.1, 0.15) is 19.0 Å². The predicted molar refractivity (Wildman–Crippen MR) is 99.5 cm³/mol. The highest BCUT2D eigenvalue weighted by atomic mass is 35.5.